The van der Waals surface area contributed by atoms with Crippen LogP contribution >= 0.6 is 7.92 Å². The summed E-state index contributed by atoms with van der Waals surface area (Å²) in [5, 5.41) is 4.19. The summed E-state index contributed by atoms with van der Waals surface area (Å²) in [6, 6.07) is 40.9. The maximum absolute atomic E-state index is 11.9. The molecule has 0 nitrogen and oxygen atoms in total. The average Bonchev–Trinajstić information content (AvgIpc) is 2.72. The van der Waals surface area contributed by atoms with Crippen LogP contribution in [0.5, 0.6) is 0 Å². The molecule has 0 aliphatic heterocycles. The van der Waals surface area contributed by atoms with Gasteiger partial charge in [-0.2, -0.15) is 18.2 Å². The largest absolute Gasteiger partial charge is 1.00 e. The van der Waals surface area contributed by atoms with Gasteiger partial charge in [-0.3, -0.25) is 4.39 Å². The Kier molecular flexibility index (Phi) is 9.18. The first-order valence-corrected chi connectivity index (χ1v) is 9.75. The average molecular weight is 554 g/mol. The second kappa shape index (κ2) is 11.6. The van der Waals surface area contributed by atoms with Crippen molar-refractivity contribution >= 4 is 23.8 Å². The first kappa shape index (κ1) is 21.3. The zero-order valence-corrected chi connectivity index (χ0v) is 17.7. The molecule has 0 saturated carbocycles. The smallest absolute Gasteiger partial charge is 0.284 e. The summed E-state index contributed by atoms with van der Waals surface area (Å²) < 4.78 is 11.9. The van der Waals surface area contributed by atoms with Crippen LogP contribution in [0.4, 0.5) is 4.39 Å². The zero-order chi connectivity index (χ0) is 18.0. The molecule has 0 N–H and O–H groups in total. The van der Waals surface area contributed by atoms with E-state index in [1.807, 2.05) is 0 Å². The van der Waals surface area contributed by atoms with Crippen LogP contribution in [0.15, 0.2) is 115 Å². The van der Waals surface area contributed by atoms with Crippen LogP contribution in [0.25, 0.3) is 0 Å². The molecule has 27 heavy (non-hydrogen) atoms. The van der Waals surface area contributed by atoms with E-state index in [-0.39, 0.29) is 28.2 Å². The maximum atomic E-state index is 11.9. The Balaban J connectivity index is 0.000000278. The summed E-state index contributed by atoms with van der Waals surface area (Å²) in [7, 11) is -0.446. The van der Waals surface area contributed by atoms with Crippen LogP contribution in [0, 0.1) is 11.9 Å². The van der Waals surface area contributed by atoms with Gasteiger partial charge in [0.25, 0.3) is 0 Å². The van der Waals surface area contributed by atoms with Crippen LogP contribution < -0.4 is 15.9 Å². The summed E-state index contributed by atoms with van der Waals surface area (Å²) >= 11 is 0. The molecule has 0 aliphatic rings. The third-order valence-corrected chi connectivity index (χ3v) is 6.16. The van der Waals surface area contributed by atoms with Crippen LogP contribution in [0.3, 0.4) is 0 Å². The summed E-state index contributed by atoms with van der Waals surface area (Å²) in [6.07, 6.45) is 0. The summed E-state index contributed by atoms with van der Waals surface area (Å²) in [5.41, 5.74) is 0. The third-order valence-electron chi connectivity index (χ3n) is 3.71. The molecule has 0 fully saturated rings. The van der Waals surface area contributed by atoms with Gasteiger partial charge in [0.05, 0.1) is 0 Å². The molecule has 0 aromatic heterocycles. The van der Waals surface area contributed by atoms with Gasteiger partial charge in [-0.25, -0.2) is 0 Å². The number of rotatable bonds is 3. The van der Waals surface area contributed by atoms with E-state index in [1.54, 1.807) is 12.1 Å². The topological polar surface area (TPSA) is 0 Å². The van der Waals surface area contributed by atoms with Gasteiger partial charge >= 0.3 is 22.4 Å². The van der Waals surface area contributed by atoms with Gasteiger partial charge in [0.2, 0.25) is 0 Å². The summed E-state index contributed by atoms with van der Waals surface area (Å²) in [6.45, 7) is 0. The molecular formula is C24H19AuFP. The van der Waals surface area contributed by atoms with E-state index in [1.165, 1.54) is 28.0 Å². The molecule has 0 spiro atoms. The Hall–Kier alpha value is -2.02. The van der Waals surface area contributed by atoms with Crippen molar-refractivity contribution in [2.45, 2.75) is 0 Å². The van der Waals surface area contributed by atoms with Gasteiger partial charge < -0.3 is 0 Å². The first-order valence-electron chi connectivity index (χ1n) is 8.41. The molecule has 0 unspecified atom stereocenters. The van der Waals surface area contributed by atoms with Gasteiger partial charge in [-0.15, -0.1) is 12.1 Å². The van der Waals surface area contributed by atoms with E-state index in [0.29, 0.717) is 0 Å². The van der Waals surface area contributed by atoms with Gasteiger partial charge in [0, 0.05) is 5.82 Å². The van der Waals surface area contributed by atoms with Gasteiger partial charge in [0.1, 0.15) is 0 Å². The monoisotopic (exact) mass is 554 g/mol. The minimum absolute atomic E-state index is 0. The Bertz CT molecular complexity index is 790. The molecule has 138 valence electrons. The SMILES string of the molecule is Fc1c[c-]ccc1.[Au+].c1ccc(P(c2ccccc2)c2ccccc2)cc1. The zero-order valence-electron chi connectivity index (χ0n) is 14.6. The van der Waals surface area contributed by atoms with Crippen molar-refractivity contribution in [2.24, 2.45) is 0 Å². The third kappa shape index (κ3) is 6.57. The van der Waals surface area contributed by atoms with Crippen molar-refractivity contribution in [3.63, 3.8) is 0 Å². The summed E-state index contributed by atoms with van der Waals surface area (Å²) in [4.78, 5) is 0. The molecule has 3 heteroatoms. The Labute approximate surface area is 177 Å². The number of benzene rings is 4. The van der Waals surface area contributed by atoms with Crippen molar-refractivity contribution in [1.29, 1.82) is 0 Å². The van der Waals surface area contributed by atoms with Crippen LogP contribution in [0.2, 0.25) is 0 Å². The minimum Gasteiger partial charge on any atom is -0.284 e. The fourth-order valence-corrected chi connectivity index (χ4v) is 4.86. The van der Waals surface area contributed by atoms with E-state index in [9.17, 15) is 4.39 Å². The molecular weight excluding hydrogens is 535 g/mol. The molecule has 4 aromatic rings. The molecule has 0 atom stereocenters. The predicted octanol–water partition coefficient (Wildman–Crippen LogP) is 5.07. The van der Waals surface area contributed by atoms with Gasteiger partial charge in [-0.1, -0.05) is 91.0 Å². The maximum Gasteiger partial charge on any atom is 1.00 e. The van der Waals surface area contributed by atoms with E-state index >= 15 is 0 Å². The molecule has 0 bridgehead atoms. The predicted molar refractivity (Wildman–Crippen MR) is 110 cm³/mol. The molecule has 0 amide bonds. The quantitative estimate of drug-likeness (QED) is 0.189. The number of hydrogen-bond acceptors (Lipinski definition) is 0. The molecule has 0 saturated heterocycles. The molecule has 0 aliphatic carbocycles. The normalized spacial score (nSPS) is 9.70. The molecule has 4 rings (SSSR count). The van der Waals surface area contributed by atoms with Crippen molar-refractivity contribution in [3.8, 4) is 0 Å². The first-order chi connectivity index (χ1) is 12.8. The standard InChI is InChI=1S/C18H15P.C6H4F.Au/c1-4-10-16(11-5-1)19(17-12-6-2-7-13-17)18-14-8-3-9-15-18;7-6-4-2-1-3-5-6;/h1-15H;1-2,4-5H;/q;-1;+1. The number of hydrogen-bond donors (Lipinski definition) is 0. The Morgan fingerprint density at radius 1 is 0.556 bits per heavy atom. The molecule has 0 radical (unpaired) electrons. The number of halogens is 1. The fraction of sp³-hybridized carbons (Fsp3) is 0. The Morgan fingerprint density at radius 3 is 1.22 bits per heavy atom. The van der Waals surface area contributed by atoms with E-state index in [0.717, 1.165) is 0 Å². The van der Waals surface area contributed by atoms with Crippen LogP contribution in [0.1, 0.15) is 0 Å². The fourth-order valence-electron chi connectivity index (χ4n) is 2.55. The Morgan fingerprint density at radius 2 is 0.963 bits per heavy atom. The van der Waals surface area contributed by atoms with Crippen molar-refractivity contribution in [2.75, 3.05) is 0 Å². The second-order valence-electron chi connectivity index (χ2n) is 5.56. The van der Waals surface area contributed by atoms with E-state index in [4.69, 9.17) is 0 Å². The summed E-state index contributed by atoms with van der Waals surface area (Å²) in [5.74, 6) is -0.234. The van der Waals surface area contributed by atoms with Crippen molar-refractivity contribution in [1.82, 2.24) is 0 Å². The van der Waals surface area contributed by atoms with E-state index < -0.39 is 7.92 Å². The second-order valence-corrected chi connectivity index (χ2v) is 7.78. The molecule has 4 aromatic carbocycles. The van der Waals surface area contributed by atoms with Crippen molar-refractivity contribution in [3.05, 3.63) is 127 Å². The van der Waals surface area contributed by atoms with Crippen LogP contribution in [-0.4, -0.2) is 0 Å². The van der Waals surface area contributed by atoms with Gasteiger partial charge in [0.15, 0.2) is 0 Å². The van der Waals surface area contributed by atoms with Gasteiger partial charge in [-0.05, 0) is 23.8 Å². The van der Waals surface area contributed by atoms with E-state index in [2.05, 4.69) is 97.1 Å². The van der Waals surface area contributed by atoms with Crippen LogP contribution in [-0.2, 0) is 22.4 Å². The van der Waals surface area contributed by atoms with Crippen molar-refractivity contribution < 1.29 is 26.8 Å². The molecule has 0 heterocycles. The minimum atomic E-state index is -0.446.